The van der Waals surface area contributed by atoms with Gasteiger partial charge in [0, 0.05) is 19.3 Å². The topological polar surface area (TPSA) is 41.6 Å². The van der Waals surface area contributed by atoms with Gasteiger partial charge in [-0.2, -0.15) is 0 Å². The van der Waals surface area contributed by atoms with Gasteiger partial charge in [0.05, 0.1) is 6.61 Å². The molecule has 1 atom stereocenters. The summed E-state index contributed by atoms with van der Waals surface area (Å²) in [4.78, 5) is 14.2. The predicted molar refractivity (Wildman–Crippen MR) is 83.3 cm³/mol. The molecule has 0 radical (unpaired) electrons. The second-order valence-corrected chi connectivity index (χ2v) is 5.45. The van der Waals surface area contributed by atoms with Crippen LogP contribution in [0.15, 0.2) is 18.2 Å². The fraction of sp³-hybridized carbons (Fsp3) is 0.562. The highest BCUT2D eigenvalue weighted by atomic mass is 16.5. The Labute approximate surface area is 122 Å². The number of likely N-dealkylation sites (N-methyl/N-ethyl adjacent to an activating group) is 2. The van der Waals surface area contributed by atoms with E-state index >= 15 is 0 Å². The van der Waals surface area contributed by atoms with Crippen LogP contribution in [0, 0.1) is 13.8 Å². The molecule has 0 aromatic heterocycles. The molecule has 112 valence electrons. The van der Waals surface area contributed by atoms with Crippen LogP contribution in [0.5, 0.6) is 0 Å². The van der Waals surface area contributed by atoms with Gasteiger partial charge in [0.1, 0.15) is 5.54 Å². The third-order valence-electron chi connectivity index (χ3n) is 3.59. The molecule has 1 N–H and O–H groups in total. The molecule has 0 fully saturated rings. The third kappa shape index (κ3) is 3.73. The van der Waals surface area contributed by atoms with Crippen LogP contribution in [-0.2, 0) is 9.53 Å². The summed E-state index contributed by atoms with van der Waals surface area (Å²) in [6.45, 7) is 8.79. The van der Waals surface area contributed by atoms with E-state index in [1.54, 1.807) is 7.05 Å². The summed E-state index contributed by atoms with van der Waals surface area (Å²) >= 11 is 0. The first kappa shape index (κ1) is 16.5. The summed E-state index contributed by atoms with van der Waals surface area (Å²) in [5.74, 6) is -0.223. The molecule has 1 rings (SSSR count). The van der Waals surface area contributed by atoms with Crippen LogP contribution in [0.4, 0.5) is 5.69 Å². The average molecular weight is 278 g/mol. The van der Waals surface area contributed by atoms with E-state index in [4.69, 9.17) is 4.74 Å². The maximum absolute atomic E-state index is 12.1. The molecule has 0 saturated carbocycles. The number of aryl methyl sites for hydroxylation is 2. The van der Waals surface area contributed by atoms with Crippen molar-refractivity contribution in [2.75, 3.05) is 32.1 Å². The Balaban J connectivity index is 2.91. The first-order chi connectivity index (χ1) is 9.34. The Kier molecular flexibility index (Phi) is 5.57. The van der Waals surface area contributed by atoms with Gasteiger partial charge in [-0.25, -0.2) is 4.79 Å². The second kappa shape index (κ2) is 6.75. The lowest BCUT2D eigenvalue weighted by atomic mass is 10.0. The van der Waals surface area contributed by atoms with E-state index < -0.39 is 5.54 Å². The SMILES string of the molecule is CCOC(=O)C(C)(CN(C)c1ccc(C)cc1C)NC. The van der Waals surface area contributed by atoms with Gasteiger partial charge < -0.3 is 15.0 Å². The molecule has 4 nitrogen and oxygen atoms in total. The number of nitrogens with zero attached hydrogens (tertiary/aromatic N) is 1. The van der Waals surface area contributed by atoms with E-state index in [1.807, 2.05) is 20.9 Å². The van der Waals surface area contributed by atoms with Crippen LogP contribution in [0.1, 0.15) is 25.0 Å². The maximum atomic E-state index is 12.1. The normalized spacial score (nSPS) is 13.7. The van der Waals surface area contributed by atoms with Crippen molar-refractivity contribution in [2.45, 2.75) is 33.2 Å². The summed E-state index contributed by atoms with van der Waals surface area (Å²) in [6, 6.07) is 6.32. The largest absolute Gasteiger partial charge is 0.465 e. The quantitative estimate of drug-likeness (QED) is 0.811. The number of esters is 1. The summed E-state index contributed by atoms with van der Waals surface area (Å²) in [7, 11) is 3.78. The highest BCUT2D eigenvalue weighted by molar-refractivity contribution is 5.81. The highest BCUT2D eigenvalue weighted by Gasteiger charge is 2.34. The van der Waals surface area contributed by atoms with E-state index in [0.29, 0.717) is 13.2 Å². The Bertz CT molecular complexity index is 474. The molecule has 1 aromatic carbocycles. The lowest BCUT2D eigenvalue weighted by molar-refractivity contribution is -0.149. The standard InChI is InChI=1S/C16H26N2O2/c1-7-20-15(19)16(4,17-5)11-18(6)14-9-8-12(2)10-13(14)3/h8-10,17H,7,11H2,1-6H3. The minimum atomic E-state index is -0.720. The smallest absolute Gasteiger partial charge is 0.327 e. The predicted octanol–water partition coefficient (Wildman–Crippen LogP) is 2.28. The van der Waals surface area contributed by atoms with Crippen molar-refractivity contribution in [3.8, 4) is 0 Å². The van der Waals surface area contributed by atoms with Gasteiger partial charge in [-0.3, -0.25) is 0 Å². The van der Waals surface area contributed by atoms with Gasteiger partial charge in [0.15, 0.2) is 0 Å². The lowest BCUT2D eigenvalue weighted by Crippen LogP contribution is -2.55. The van der Waals surface area contributed by atoms with Crippen molar-refractivity contribution in [3.05, 3.63) is 29.3 Å². The molecule has 0 aliphatic rings. The number of benzene rings is 1. The zero-order chi connectivity index (χ0) is 15.3. The molecule has 0 saturated heterocycles. The van der Waals surface area contributed by atoms with E-state index in [1.165, 1.54) is 11.1 Å². The van der Waals surface area contributed by atoms with Crippen molar-refractivity contribution in [2.24, 2.45) is 0 Å². The fourth-order valence-corrected chi connectivity index (χ4v) is 2.33. The Morgan fingerprint density at radius 2 is 2.05 bits per heavy atom. The van der Waals surface area contributed by atoms with Crippen LogP contribution in [-0.4, -0.2) is 38.8 Å². The number of hydrogen-bond acceptors (Lipinski definition) is 4. The Morgan fingerprint density at radius 3 is 2.55 bits per heavy atom. The van der Waals surface area contributed by atoms with Gasteiger partial charge in [0.25, 0.3) is 0 Å². The van der Waals surface area contributed by atoms with E-state index in [2.05, 4.69) is 42.3 Å². The fourth-order valence-electron chi connectivity index (χ4n) is 2.33. The number of hydrogen-bond donors (Lipinski definition) is 1. The second-order valence-electron chi connectivity index (χ2n) is 5.45. The molecule has 0 aliphatic carbocycles. The van der Waals surface area contributed by atoms with E-state index in [9.17, 15) is 4.79 Å². The van der Waals surface area contributed by atoms with Crippen LogP contribution < -0.4 is 10.2 Å². The number of rotatable bonds is 6. The first-order valence-electron chi connectivity index (χ1n) is 6.98. The van der Waals surface area contributed by atoms with Crippen LogP contribution in [0.25, 0.3) is 0 Å². The number of anilines is 1. The van der Waals surface area contributed by atoms with E-state index in [0.717, 1.165) is 5.69 Å². The van der Waals surface area contributed by atoms with Crippen molar-refractivity contribution in [1.82, 2.24) is 5.32 Å². The molecular formula is C16H26N2O2. The monoisotopic (exact) mass is 278 g/mol. The van der Waals surface area contributed by atoms with Crippen molar-refractivity contribution < 1.29 is 9.53 Å². The molecule has 0 heterocycles. The molecule has 4 heteroatoms. The van der Waals surface area contributed by atoms with Gasteiger partial charge in [-0.15, -0.1) is 0 Å². The van der Waals surface area contributed by atoms with E-state index in [-0.39, 0.29) is 5.97 Å². The average Bonchev–Trinajstić information content (AvgIpc) is 2.38. The van der Waals surface area contributed by atoms with Gasteiger partial charge in [-0.05, 0) is 46.4 Å². The number of carbonyl (C=O) groups is 1. The minimum Gasteiger partial charge on any atom is -0.465 e. The van der Waals surface area contributed by atoms with Crippen molar-refractivity contribution >= 4 is 11.7 Å². The molecule has 0 amide bonds. The molecule has 20 heavy (non-hydrogen) atoms. The number of ether oxygens (including phenoxy) is 1. The molecule has 1 aromatic rings. The van der Waals surface area contributed by atoms with Gasteiger partial charge >= 0.3 is 5.97 Å². The van der Waals surface area contributed by atoms with Crippen LogP contribution in [0.2, 0.25) is 0 Å². The zero-order valence-electron chi connectivity index (χ0n) is 13.4. The maximum Gasteiger partial charge on any atom is 0.327 e. The summed E-state index contributed by atoms with van der Waals surface area (Å²) < 4.78 is 5.16. The van der Waals surface area contributed by atoms with Crippen molar-refractivity contribution in [3.63, 3.8) is 0 Å². The number of nitrogens with one attached hydrogen (secondary N) is 1. The number of carbonyl (C=O) groups excluding carboxylic acids is 1. The molecule has 1 unspecified atom stereocenters. The summed E-state index contributed by atoms with van der Waals surface area (Å²) in [5, 5.41) is 3.08. The Morgan fingerprint density at radius 1 is 1.40 bits per heavy atom. The van der Waals surface area contributed by atoms with Gasteiger partial charge in [0.2, 0.25) is 0 Å². The Hall–Kier alpha value is -1.55. The van der Waals surface area contributed by atoms with Crippen LogP contribution >= 0.6 is 0 Å². The molecule has 0 spiro atoms. The summed E-state index contributed by atoms with van der Waals surface area (Å²) in [5.41, 5.74) is 2.85. The zero-order valence-corrected chi connectivity index (χ0v) is 13.4. The molecular weight excluding hydrogens is 252 g/mol. The third-order valence-corrected chi connectivity index (χ3v) is 3.59. The van der Waals surface area contributed by atoms with Crippen LogP contribution in [0.3, 0.4) is 0 Å². The first-order valence-corrected chi connectivity index (χ1v) is 6.98. The van der Waals surface area contributed by atoms with Crippen molar-refractivity contribution in [1.29, 1.82) is 0 Å². The molecule has 0 aliphatic heterocycles. The summed E-state index contributed by atoms with van der Waals surface area (Å²) in [6.07, 6.45) is 0. The molecule has 0 bridgehead atoms. The minimum absolute atomic E-state index is 0.223. The lowest BCUT2D eigenvalue weighted by Gasteiger charge is -2.33. The highest BCUT2D eigenvalue weighted by Crippen LogP contribution is 2.22. The van der Waals surface area contributed by atoms with Gasteiger partial charge in [-0.1, -0.05) is 17.7 Å².